The maximum Gasteiger partial charge on any atom is 0.321 e. The van der Waals surface area contributed by atoms with E-state index in [1.54, 1.807) is 18.1 Å². The lowest BCUT2D eigenvalue weighted by atomic mass is 10.2. The Morgan fingerprint density at radius 2 is 1.87 bits per heavy atom. The number of urea groups is 1. The first-order chi connectivity index (χ1) is 14.3. The second-order valence-corrected chi connectivity index (χ2v) is 7.89. The largest absolute Gasteiger partial charge is 0.363 e. The summed E-state index contributed by atoms with van der Waals surface area (Å²) in [5.41, 5.74) is 4.61. The lowest BCUT2D eigenvalue weighted by Crippen LogP contribution is -2.31. The number of benzene rings is 1. The van der Waals surface area contributed by atoms with Gasteiger partial charge < -0.3 is 15.1 Å². The molecule has 0 atom stereocenters. The van der Waals surface area contributed by atoms with Gasteiger partial charge in [-0.05, 0) is 37.6 Å². The molecule has 30 heavy (non-hydrogen) atoms. The highest BCUT2D eigenvalue weighted by atomic mass is 35.5. The number of aromatic nitrogens is 3. The molecular weight excluding hydrogens is 400 g/mol. The summed E-state index contributed by atoms with van der Waals surface area (Å²) in [7, 11) is 5.61. The zero-order valence-electron chi connectivity index (χ0n) is 18.0. The van der Waals surface area contributed by atoms with E-state index in [1.807, 2.05) is 73.9 Å². The van der Waals surface area contributed by atoms with Crippen LogP contribution in [0.3, 0.4) is 0 Å². The second kappa shape index (κ2) is 9.17. The Hall–Kier alpha value is -3.06. The van der Waals surface area contributed by atoms with Gasteiger partial charge >= 0.3 is 6.03 Å². The molecule has 3 rings (SSSR count). The first-order valence-electron chi connectivity index (χ1n) is 9.68. The Morgan fingerprint density at radius 3 is 2.50 bits per heavy atom. The van der Waals surface area contributed by atoms with Crippen LogP contribution in [0.4, 0.5) is 16.3 Å². The van der Waals surface area contributed by atoms with Crippen molar-refractivity contribution in [3.8, 4) is 0 Å². The van der Waals surface area contributed by atoms with Gasteiger partial charge in [-0.2, -0.15) is 5.10 Å². The van der Waals surface area contributed by atoms with Crippen molar-refractivity contribution in [2.75, 3.05) is 31.4 Å². The van der Waals surface area contributed by atoms with Crippen molar-refractivity contribution >= 4 is 29.1 Å². The average molecular weight is 427 g/mol. The fraction of sp³-hybridized carbons (Fsp3) is 0.318. The predicted octanol–water partition coefficient (Wildman–Crippen LogP) is 4.33. The molecule has 2 heterocycles. The molecule has 0 saturated heterocycles. The molecule has 2 amide bonds. The van der Waals surface area contributed by atoms with E-state index in [0.29, 0.717) is 18.8 Å². The summed E-state index contributed by atoms with van der Waals surface area (Å²) in [6.07, 6.45) is 1.65. The average Bonchev–Trinajstić information content (AvgIpc) is 2.97. The highest BCUT2D eigenvalue weighted by Gasteiger charge is 2.17. The molecule has 0 aliphatic heterocycles. The van der Waals surface area contributed by atoms with Crippen LogP contribution in [0, 0.1) is 13.8 Å². The van der Waals surface area contributed by atoms with Crippen molar-refractivity contribution < 1.29 is 4.79 Å². The molecule has 0 bridgehead atoms. The molecule has 158 valence electrons. The molecule has 0 aliphatic rings. The molecule has 0 aliphatic carbocycles. The maximum absolute atomic E-state index is 12.6. The SMILES string of the molecule is Cc1nn(Cc2ccccc2Cl)c(C)c1CN(C)C(=O)Nc1ccc(N(C)C)nc1. The molecule has 1 N–H and O–H groups in total. The Bertz CT molecular complexity index is 1030. The highest BCUT2D eigenvalue weighted by Crippen LogP contribution is 2.21. The van der Waals surface area contributed by atoms with Gasteiger partial charge in [0.1, 0.15) is 5.82 Å². The van der Waals surface area contributed by atoms with E-state index in [0.717, 1.165) is 33.4 Å². The minimum absolute atomic E-state index is 0.202. The van der Waals surface area contributed by atoms with Crippen LogP contribution in [0.15, 0.2) is 42.6 Å². The van der Waals surface area contributed by atoms with Crippen LogP contribution in [0.2, 0.25) is 5.02 Å². The maximum atomic E-state index is 12.6. The number of rotatable bonds is 6. The van der Waals surface area contributed by atoms with E-state index in [2.05, 4.69) is 15.4 Å². The zero-order chi connectivity index (χ0) is 21.8. The van der Waals surface area contributed by atoms with Crippen LogP contribution in [0.5, 0.6) is 0 Å². The molecule has 7 nitrogen and oxygen atoms in total. The van der Waals surface area contributed by atoms with Crippen LogP contribution in [0.25, 0.3) is 0 Å². The monoisotopic (exact) mass is 426 g/mol. The van der Waals surface area contributed by atoms with Crippen LogP contribution in [-0.4, -0.2) is 46.8 Å². The zero-order valence-corrected chi connectivity index (χ0v) is 18.7. The summed E-state index contributed by atoms with van der Waals surface area (Å²) in [5, 5.41) is 8.26. The lowest BCUT2D eigenvalue weighted by Gasteiger charge is -2.19. The first-order valence-corrected chi connectivity index (χ1v) is 10.1. The van der Waals surface area contributed by atoms with Crippen molar-refractivity contribution in [2.45, 2.75) is 26.9 Å². The van der Waals surface area contributed by atoms with Crippen LogP contribution in [-0.2, 0) is 13.1 Å². The number of amides is 2. The van der Waals surface area contributed by atoms with Crippen LogP contribution < -0.4 is 10.2 Å². The van der Waals surface area contributed by atoms with Crippen molar-refractivity contribution in [1.82, 2.24) is 19.7 Å². The summed E-state index contributed by atoms with van der Waals surface area (Å²) >= 11 is 6.29. The van der Waals surface area contributed by atoms with E-state index in [9.17, 15) is 4.79 Å². The standard InChI is InChI=1S/C22H27ClN6O/c1-15-19(16(2)29(26-15)13-17-8-6-7-9-20(17)23)14-28(5)22(30)25-18-10-11-21(24-12-18)27(3)4/h6-12H,13-14H2,1-5H3,(H,25,30). The Morgan fingerprint density at radius 1 is 1.13 bits per heavy atom. The molecule has 1 aromatic carbocycles. The molecule has 2 aromatic heterocycles. The van der Waals surface area contributed by atoms with Gasteiger partial charge in [-0.1, -0.05) is 29.8 Å². The van der Waals surface area contributed by atoms with Crippen molar-refractivity contribution in [2.24, 2.45) is 0 Å². The van der Waals surface area contributed by atoms with Gasteiger partial charge in [-0.15, -0.1) is 0 Å². The number of anilines is 2. The molecule has 0 saturated carbocycles. The normalized spacial score (nSPS) is 10.7. The number of carbonyl (C=O) groups is 1. The summed E-state index contributed by atoms with van der Waals surface area (Å²) in [5.74, 6) is 0.832. The van der Waals surface area contributed by atoms with Gasteiger partial charge in [0.05, 0.1) is 30.7 Å². The van der Waals surface area contributed by atoms with Gasteiger partial charge in [0.2, 0.25) is 0 Å². The fourth-order valence-corrected chi connectivity index (χ4v) is 3.35. The predicted molar refractivity (Wildman–Crippen MR) is 121 cm³/mol. The third kappa shape index (κ3) is 4.91. The Balaban J connectivity index is 1.68. The third-order valence-electron chi connectivity index (χ3n) is 5.01. The number of hydrogen-bond donors (Lipinski definition) is 1. The first kappa shape index (κ1) is 21.6. The van der Waals surface area contributed by atoms with Crippen LogP contribution in [0.1, 0.15) is 22.5 Å². The summed E-state index contributed by atoms with van der Waals surface area (Å²) < 4.78 is 1.93. The van der Waals surface area contributed by atoms with E-state index in [1.165, 1.54) is 0 Å². The topological polar surface area (TPSA) is 66.3 Å². The molecule has 0 fully saturated rings. The summed E-state index contributed by atoms with van der Waals surface area (Å²) in [6.45, 7) is 5.02. The van der Waals surface area contributed by atoms with Gasteiger partial charge in [-0.3, -0.25) is 4.68 Å². The van der Waals surface area contributed by atoms with E-state index in [-0.39, 0.29) is 6.03 Å². The van der Waals surface area contributed by atoms with Gasteiger partial charge in [0.25, 0.3) is 0 Å². The van der Waals surface area contributed by atoms with E-state index >= 15 is 0 Å². The van der Waals surface area contributed by atoms with Gasteiger partial charge in [0.15, 0.2) is 0 Å². The molecule has 3 aromatic rings. The Kier molecular flexibility index (Phi) is 6.62. The molecule has 0 spiro atoms. The second-order valence-electron chi connectivity index (χ2n) is 7.48. The molecular formula is C22H27ClN6O. The van der Waals surface area contributed by atoms with E-state index in [4.69, 9.17) is 11.6 Å². The quantitative estimate of drug-likeness (QED) is 0.637. The van der Waals surface area contributed by atoms with Gasteiger partial charge in [0, 0.05) is 37.4 Å². The minimum atomic E-state index is -0.202. The number of halogens is 1. The van der Waals surface area contributed by atoms with Crippen molar-refractivity contribution in [3.63, 3.8) is 0 Å². The number of hydrogen-bond acceptors (Lipinski definition) is 4. The molecule has 8 heteroatoms. The number of aryl methyl sites for hydroxylation is 1. The number of carbonyl (C=O) groups excluding carboxylic acids is 1. The fourth-order valence-electron chi connectivity index (χ4n) is 3.16. The smallest absolute Gasteiger partial charge is 0.321 e. The highest BCUT2D eigenvalue weighted by molar-refractivity contribution is 6.31. The number of nitrogens with zero attached hydrogens (tertiary/aromatic N) is 5. The summed E-state index contributed by atoms with van der Waals surface area (Å²) in [6, 6.07) is 11.2. The van der Waals surface area contributed by atoms with Crippen molar-refractivity contribution in [3.05, 3.63) is 70.1 Å². The minimum Gasteiger partial charge on any atom is -0.363 e. The van der Waals surface area contributed by atoms with E-state index < -0.39 is 0 Å². The third-order valence-corrected chi connectivity index (χ3v) is 5.38. The number of nitrogens with one attached hydrogen (secondary N) is 1. The van der Waals surface area contributed by atoms with Crippen molar-refractivity contribution in [1.29, 1.82) is 0 Å². The van der Waals surface area contributed by atoms with Crippen LogP contribution >= 0.6 is 11.6 Å². The molecule has 0 radical (unpaired) electrons. The number of pyridine rings is 1. The Labute approximate surface area is 182 Å². The molecule has 0 unspecified atom stereocenters. The summed E-state index contributed by atoms with van der Waals surface area (Å²) in [4.78, 5) is 20.5. The van der Waals surface area contributed by atoms with Gasteiger partial charge in [-0.25, -0.2) is 9.78 Å². The lowest BCUT2D eigenvalue weighted by molar-refractivity contribution is 0.220.